The standard InChI is InChI=1S/C25H23ClN2O6/c1-4-6-12-33-18-9-7-17(8-10-18)28-24(30)19(23(29)27-25(28)31)13-16-14-20(26)22(34-11-5-2)21(15-16)32-3/h2,7-10,13-15H,4,6,11-12H2,1,3H3,(H,27,29,31)/b19-13-. The van der Waals surface area contributed by atoms with Crippen molar-refractivity contribution in [3.63, 3.8) is 0 Å². The van der Waals surface area contributed by atoms with E-state index in [9.17, 15) is 14.4 Å². The highest BCUT2D eigenvalue weighted by Crippen LogP contribution is 2.37. The lowest BCUT2D eigenvalue weighted by Gasteiger charge is -2.26. The fourth-order valence-electron chi connectivity index (χ4n) is 3.16. The van der Waals surface area contributed by atoms with Gasteiger partial charge in [0.1, 0.15) is 17.9 Å². The Bertz CT molecular complexity index is 1170. The molecule has 1 heterocycles. The first-order chi connectivity index (χ1) is 16.4. The number of urea groups is 1. The van der Waals surface area contributed by atoms with Crippen LogP contribution in [0.15, 0.2) is 42.0 Å². The van der Waals surface area contributed by atoms with E-state index in [1.807, 2.05) is 0 Å². The number of terminal acetylenes is 1. The molecule has 1 N–H and O–H groups in total. The number of benzene rings is 2. The molecule has 1 saturated heterocycles. The minimum absolute atomic E-state index is 0.0170. The molecule has 0 aliphatic carbocycles. The number of carbonyl (C=O) groups is 3. The molecule has 1 fully saturated rings. The van der Waals surface area contributed by atoms with Crippen LogP contribution in [0.3, 0.4) is 0 Å². The molecule has 1 aliphatic heterocycles. The van der Waals surface area contributed by atoms with Crippen LogP contribution in [0.1, 0.15) is 25.3 Å². The zero-order valence-corrected chi connectivity index (χ0v) is 19.5. The van der Waals surface area contributed by atoms with Crippen molar-refractivity contribution in [2.75, 3.05) is 25.2 Å². The number of amides is 4. The molecule has 2 aromatic carbocycles. The number of hydrogen-bond donors (Lipinski definition) is 1. The number of hydrogen-bond acceptors (Lipinski definition) is 6. The summed E-state index contributed by atoms with van der Waals surface area (Å²) in [5.74, 6) is 1.85. The van der Waals surface area contributed by atoms with E-state index in [1.165, 1.54) is 25.3 Å². The van der Waals surface area contributed by atoms with E-state index in [1.54, 1.807) is 24.3 Å². The monoisotopic (exact) mass is 482 g/mol. The highest BCUT2D eigenvalue weighted by atomic mass is 35.5. The number of anilines is 1. The molecule has 4 amide bonds. The molecule has 3 rings (SSSR count). The molecule has 0 atom stereocenters. The Hall–Kier alpha value is -3.96. The minimum atomic E-state index is -0.847. The lowest BCUT2D eigenvalue weighted by Crippen LogP contribution is -2.54. The Morgan fingerprint density at radius 2 is 1.88 bits per heavy atom. The summed E-state index contributed by atoms with van der Waals surface area (Å²) in [6, 6.07) is 8.64. The van der Waals surface area contributed by atoms with E-state index in [4.69, 9.17) is 32.2 Å². The van der Waals surface area contributed by atoms with Gasteiger partial charge in [-0.3, -0.25) is 14.9 Å². The summed E-state index contributed by atoms with van der Waals surface area (Å²) in [6.07, 6.45) is 8.45. The van der Waals surface area contributed by atoms with E-state index in [0.717, 1.165) is 17.7 Å². The lowest BCUT2D eigenvalue weighted by molar-refractivity contribution is -0.122. The van der Waals surface area contributed by atoms with E-state index < -0.39 is 17.8 Å². The van der Waals surface area contributed by atoms with Crippen molar-refractivity contribution in [2.24, 2.45) is 0 Å². The van der Waals surface area contributed by atoms with Gasteiger partial charge in [-0.2, -0.15) is 0 Å². The van der Waals surface area contributed by atoms with Crippen molar-refractivity contribution in [3.8, 4) is 29.6 Å². The molecule has 34 heavy (non-hydrogen) atoms. The van der Waals surface area contributed by atoms with Crippen LogP contribution in [-0.2, 0) is 9.59 Å². The van der Waals surface area contributed by atoms with E-state index in [-0.39, 0.29) is 34.4 Å². The van der Waals surface area contributed by atoms with Crippen LogP contribution >= 0.6 is 11.6 Å². The Labute approximate surface area is 202 Å². The van der Waals surface area contributed by atoms with Gasteiger partial charge >= 0.3 is 6.03 Å². The molecule has 0 spiro atoms. The third kappa shape index (κ3) is 5.50. The zero-order valence-electron chi connectivity index (χ0n) is 18.7. The van der Waals surface area contributed by atoms with Crippen LogP contribution in [0.2, 0.25) is 5.02 Å². The number of ether oxygens (including phenoxy) is 3. The highest BCUT2D eigenvalue weighted by Gasteiger charge is 2.36. The Morgan fingerprint density at radius 1 is 1.15 bits per heavy atom. The van der Waals surface area contributed by atoms with E-state index in [0.29, 0.717) is 17.9 Å². The summed E-state index contributed by atoms with van der Waals surface area (Å²) in [7, 11) is 1.42. The van der Waals surface area contributed by atoms with Gasteiger partial charge in [-0.05, 0) is 54.5 Å². The second-order valence-electron chi connectivity index (χ2n) is 7.18. The van der Waals surface area contributed by atoms with E-state index >= 15 is 0 Å². The first kappa shape index (κ1) is 24.7. The number of methoxy groups -OCH3 is 1. The fourth-order valence-corrected chi connectivity index (χ4v) is 3.44. The SMILES string of the molecule is C#CCOc1c(Cl)cc(/C=C2/C(=O)NC(=O)N(c3ccc(OCCCC)cc3)C2=O)cc1OC. The number of carbonyl (C=O) groups excluding carboxylic acids is 3. The van der Waals surface area contributed by atoms with Crippen molar-refractivity contribution in [3.05, 3.63) is 52.6 Å². The minimum Gasteiger partial charge on any atom is -0.494 e. The molecule has 0 unspecified atom stereocenters. The van der Waals surface area contributed by atoms with Gasteiger partial charge in [0.05, 0.1) is 24.4 Å². The van der Waals surface area contributed by atoms with Crippen LogP contribution in [0.4, 0.5) is 10.5 Å². The van der Waals surface area contributed by atoms with Crippen LogP contribution in [0, 0.1) is 12.3 Å². The van der Waals surface area contributed by atoms with Gasteiger partial charge in [0.25, 0.3) is 11.8 Å². The maximum Gasteiger partial charge on any atom is 0.335 e. The van der Waals surface area contributed by atoms with Gasteiger partial charge in [0.2, 0.25) is 0 Å². The van der Waals surface area contributed by atoms with Crippen molar-refractivity contribution in [1.82, 2.24) is 5.32 Å². The predicted octanol–water partition coefficient (Wildman–Crippen LogP) is 4.21. The Kier molecular flexibility index (Phi) is 8.17. The molecule has 1 aliphatic rings. The van der Waals surface area contributed by atoms with Crippen LogP contribution < -0.4 is 24.4 Å². The number of nitrogens with one attached hydrogen (secondary N) is 1. The second-order valence-corrected chi connectivity index (χ2v) is 7.59. The summed E-state index contributed by atoms with van der Waals surface area (Å²) in [5.41, 5.74) is 0.429. The average Bonchev–Trinajstić information content (AvgIpc) is 2.81. The van der Waals surface area contributed by atoms with Crippen molar-refractivity contribution >= 4 is 41.2 Å². The first-order valence-electron chi connectivity index (χ1n) is 10.5. The maximum atomic E-state index is 13.1. The number of barbiturate groups is 1. The summed E-state index contributed by atoms with van der Waals surface area (Å²) in [6.45, 7) is 2.61. The third-order valence-electron chi connectivity index (χ3n) is 4.83. The van der Waals surface area contributed by atoms with Gasteiger partial charge < -0.3 is 14.2 Å². The molecular formula is C25H23ClN2O6. The van der Waals surface area contributed by atoms with Gasteiger partial charge in [-0.25, -0.2) is 9.69 Å². The Balaban J connectivity index is 1.90. The van der Waals surface area contributed by atoms with Gasteiger partial charge in [-0.1, -0.05) is 30.9 Å². The second kappa shape index (κ2) is 11.3. The molecule has 176 valence electrons. The summed E-state index contributed by atoms with van der Waals surface area (Å²) >= 11 is 6.28. The fraction of sp³-hybridized carbons (Fsp3) is 0.240. The number of unbranched alkanes of at least 4 members (excludes halogenated alkanes) is 1. The maximum absolute atomic E-state index is 13.1. The summed E-state index contributed by atoms with van der Waals surface area (Å²) in [4.78, 5) is 38.9. The first-order valence-corrected chi connectivity index (χ1v) is 10.9. The zero-order chi connectivity index (χ0) is 24.7. The molecule has 9 heteroatoms. The smallest absolute Gasteiger partial charge is 0.335 e. The number of nitrogens with zero attached hydrogens (tertiary/aromatic N) is 1. The normalized spacial score (nSPS) is 14.6. The molecule has 0 bridgehead atoms. The quantitative estimate of drug-likeness (QED) is 0.249. The topological polar surface area (TPSA) is 94.2 Å². The van der Waals surface area contributed by atoms with Crippen LogP contribution in [0.25, 0.3) is 6.08 Å². The van der Waals surface area contributed by atoms with Gasteiger partial charge in [-0.15, -0.1) is 6.42 Å². The predicted molar refractivity (Wildman–Crippen MR) is 128 cm³/mol. The number of halogens is 1. The Morgan fingerprint density at radius 3 is 2.53 bits per heavy atom. The van der Waals surface area contributed by atoms with Crippen molar-refractivity contribution in [2.45, 2.75) is 19.8 Å². The summed E-state index contributed by atoms with van der Waals surface area (Å²) < 4.78 is 16.3. The van der Waals surface area contributed by atoms with Crippen LogP contribution in [-0.4, -0.2) is 38.2 Å². The lowest BCUT2D eigenvalue weighted by atomic mass is 10.1. The molecular weight excluding hydrogens is 460 g/mol. The van der Waals surface area contributed by atoms with Crippen molar-refractivity contribution < 1.29 is 28.6 Å². The molecule has 8 nitrogen and oxygen atoms in total. The van der Waals surface area contributed by atoms with Gasteiger partial charge in [0, 0.05) is 0 Å². The van der Waals surface area contributed by atoms with Crippen LogP contribution in [0.5, 0.6) is 17.2 Å². The molecule has 2 aromatic rings. The third-order valence-corrected chi connectivity index (χ3v) is 5.11. The van der Waals surface area contributed by atoms with Crippen molar-refractivity contribution in [1.29, 1.82) is 0 Å². The summed E-state index contributed by atoms with van der Waals surface area (Å²) in [5, 5.41) is 2.36. The highest BCUT2D eigenvalue weighted by molar-refractivity contribution is 6.39. The number of imide groups is 2. The average molecular weight is 483 g/mol. The molecule has 0 saturated carbocycles. The molecule has 0 radical (unpaired) electrons. The largest absolute Gasteiger partial charge is 0.494 e. The van der Waals surface area contributed by atoms with Gasteiger partial charge in [0.15, 0.2) is 11.5 Å². The number of rotatable bonds is 9. The van der Waals surface area contributed by atoms with E-state index in [2.05, 4.69) is 18.2 Å². The molecule has 0 aromatic heterocycles.